The zero-order chi connectivity index (χ0) is 4.28. The molecule has 0 heterocycles. The van der Waals surface area contributed by atoms with Crippen molar-refractivity contribution in [2.75, 3.05) is 0 Å². The molecule has 0 spiro atoms. The van der Waals surface area contributed by atoms with Crippen LogP contribution in [0.3, 0.4) is 0 Å². The van der Waals surface area contributed by atoms with Crippen LogP contribution in [0.15, 0.2) is 12.7 Å². The zero-order valence-electron chi connectivity index (χ0n) is 2.93. The van der Waals surface area contributed by atoms with Crippen LogP contribution in [0.2, 0.25) is 0 Å². The van der Waals surface area contributed by atoms with Gasteiger partial charge in [0.15, 0.2) is 0 Å². The molecular formula is C3H3CoO2-. The van der Waals surface area contributed by atoms with Gasteiger partial charge in [-0.15, -0.1) is 0 Å². The SMILES string of the molecule is C=CC(=O)[O-].[Co]. The van der Waals surface area contributed by atoms with Crippen LogP contribution in [0.5, 0.6) is 0 Å². The Hall–Kier alpha value is -0.284. The maximum absolute atomic E-state index is 9.14. The second-order valence-corrected chi connectivity index (χ2v) is 0.523. The molecule has 0 unspecified atom stereocenters. The van der Waals surface area contributed by atoms with Crippen molar-refractivity contribution in [1.29, 1.82) is 0 Å². The smallest absolute Gasteiger partial charge is 0.0636 e. The molecule has 0 aromatic carbocycles. The van der Waals surface area contributed by atoms with Crippen LogP contribution in [0, 0.1) is 0 Å². The summed E-state index contributed by atoms with van der Waals surface area (Å²) in [5, 5.41) is 9.14. The molecule has 0 aliphatic heterocycles. The fourth-order valence-corrected chi connectivity index (χ4v) is 0. The molecule has 6 heavy (non-hydrogen) atoms. The normalized spacial score (nSPS) is 5.33. The molecule has 0 aliphatic rings. The summed E-state index contributed by atoms with van der Waals surface area (Å²) in [5.41, 5.74) is 0. The quantitative estimate of drug-likeness (QED) is 0.423. The van der Waals surface area contributed by atoms with Crippen molar-refractivity contribution in [3.05, 3.63) is 12.7 Å². The Kier molecular flexibility index (Phi) is 7.24. The number of carboxylic acids is 1. The van der Waals surface area contributed by atoms with E-state index in [1.807, 2.05) is 0 Å². The molecule has 0 aliphatic carbocycles. The summed E-state index contributed by atoms with van der Waals surface area (Å²) in [6, 6.07) is 0. The van der Waals surface area contributed by atoms with E-state index in [1.165, 1.54) is 0 Å². The number of aliphatic carboxylic acids is 1. The Morgan fingerprint density at radius 2 is 2.00 bits per heavy atom. The Labute approximate surface area is 46.1 Å². The second kappa shape index (κ2) is 4.72. The minimum atomic E-state index is -1.23. The van der Waals surface area contributed by atoms with Gasteiger partial charge in [-0.1, -0.05) is 6.58 Å². The molecule has 37 valence electrons. The van der Waals surface area contributed by atoms with Gasteiger partial charge in [0, 0.05) is 16.8 Å². The summed E-state index contributed by atoms with van der Waals surface area (Å²) in [6.07, 6.45) is 0.722. The molecule has 0 N–H and O–H groups in total. The molecule has 0 saturated heterocycles. The van der Waals surface area contributed by atoms with E-state index in [-0.39, 0.29) is 16.8 Å². The summed E-state index contributed by atoms with van der Waals surface area (Å²) >= 11 is 0. The number of carbonyl (C=O) groups is 1. The molecule has 0 rings (SSSR count). The summed E-state index contributed by atoms with van der Waals surface area (Å²) in [7, 11) is 0. The van der Waals surface area contributed by atoms with Crippen LogP contribution >= 0.6 is 0 Å². The van der Waals surface area contributed by atoms with Gasteiger partial charge in [-0.05, 0) is 6.08 Å². The van der Waals surface area contributed by atoms with E-state index in [4.69, 9.17) is 9.90 Å². The van der Waals surface area contributed by atoms with Crippen LogP contribution in [0.25, 0.3) is 0 Å². The van der Waals surface area contributed by atoms with E-state index in [1.54, 1.807) is 0 Å². The van der Waals surface area contributed by atoms with E-state index in [0.717, 1.165) is 6.08 Å². The molecule has 0 aromatic heterocycles. The topological polar surface area (TPSA) is 40.1 Å². The van der Waals surface area contributed by atoms with Gasteiger partial charge in [-0.3, -0.25) is 0 Å². The molecule has 1 radical (unpaired) electrons. The summed E-state index contributed by atoms with van der Waals surface area (Å²) in [5.74, 6) is -1.23. The molecule has 0 bridgehead atoms. The van der Waals surface area contributed by atoms with Crippen LogP contribution in [0.4, 0.5) is 0 Å². The maximum atomic E-state index is 9.14. The summed E-state index contributed by atoms with van der Waals surface area (Å²) in [6.45, 7) is 2.90. The molecule has 2 nitrogen and oxygen atoms in total. The number of carbonyl (C=O) groups excluding carboxylic acids is 1. The first-order valence-corrected chi connectivity index (χ1v) is 1.11. The number of carboxylic acid groups (broad SMARTS) is 1. The van der Waals surface area contributed by atoms with Crippen LogP contribution in [0.1, 0.15) is 0 Å². The Balaban J connectivity index is 0. The van der Waals surface area contributed by atoms with E-state index in [0.29, 0.717) is 0 Å². The molecule has 0 aromatic rings. The Morgan fingerprint density at radius 3 is 2.00 bits per heavy atom. The van der Waals surface area contributed by atoms with Crippen molar-refractivity contribution in [1.82, 2.24) is 0 Å². The predicted octanol–water partition coefficient (Wildman–Crippen LogP) is -1.08. The summed E-state index contributed by atoms with van der Waals surface area (Å²) in [4.78, 5) is 9.14. The van der Waals surface area contributed by atoms with Gasteiger partial charge in [-0.25, -0.2) is 0 Å². The fourth-order valence-electron chi connectivity index (χ4n) is 0. The Morgan fingerprint density at radius 1 is 1.83 bits per heavy atom. The van der Waals surface area contributed by atoms with Gasteiger partial charge in [0.1, 0.15) is 0 Å². The third-order valence-corrected chi connectivity index (χ3v) is 0.167. The van der Waals surface area contributed by atoms with Crippen molar-refractivity contribution in [2.24, 2.45) is 0 Å². The van der Waals surface area contributed by atoms with Crippen molar-refractivity contribution < 1.29 is 26.7 Å². The van der Waals surface area contributed by atoms with Gasteiger partial charge in [0.25, 0.3) is 0 Å². The van der Waals surface area contributed by atoms with Crippen LogP contribution < -0.4 is 5.11 Å². The first kappa shape index (κ1) is 9.21. The van der Waals surface area contributed by atoms with Crippen molar-refractivity contribution >= 4 is 5.97 Å². The van der Waals surface area contributed by atoms with Crippen LogP contribution in [-0.4, -0.2) is 5.97 Å². The number of hydrogen-bond donors (Lipinski definition) is 0. The predicted molar refractivity (Wildman–Crippen MR) is 15.2 cm³/mol. The van der Waals surface area contributed by atoms with E-state index < -0.39 is 5.97 Å². The van der Waals surface area contributed by atoms with Crippen molar-refractivity contribution in [3.63, 3.8) is 0 Å². The molecular weight excluding hydrogens is 127 g/mol. The van der Waals surface area contributed by atoms with Gasteiger partial charge in [0.05, 0.1) is 5.97 Å². The standard InChI is InChI=1S/C3H4O2.Co/c1-2-3(4)5;/h2H,1H2,(H,4,5);/p-1. The molecule has 0 fully saturated rings. The largest absolute Gasteiger partial charge is 0.545 e. The molecule has 0 amide bonds. The minimum Gasteiger partial charge on any atom is -0.545 e. The monoisotopic (exact) mass is 130 g/mol. The van der Waals surface area contributed by atoms with Crippen LogP contribution in [-0.2, 0) is 21.6 Å². The fraction of sp³-hybridized carbons (Fsp3) is 0. The van der Waals surface area contributed by atoms with Gasteiger partial charge in [-0.2, -0.15) is 0 Å². The van der Waals surface area contributed by atoms with Gasteiger partial charge < -0.3 is 9.90 Å². The average Bonchev–Trinajstić information content (AvgIpc) is 1.38. The minimum absolute atomic E-state index is 0. The summed E-state index contributed by atoms with van der Waals surface area (Å²) < 4.78 is 0. The first-order valence-electron chi connectivity index (χ1n) is 1.11. The first-order chi connectivity index (χ1) is 2.27. The van der Waals surface area contributed by atoms with Gasteiger partial charge in [0.2, 0.25) is 0 Å². The molecule has 0 saturated carbocycles. The third kappa shape index (κ3) is 9.31. The maximum Gasteiger partial charge on any atom is 0.0636 e. The number of hydrogen-bond acceptors (Lipinski definition) is 2. The second-order valence-electron chi connectivity index (χ2n) is 0.523. The molecule has 3 heteroatoms. The van der Waals surface area contributed by atoms with E-state index in [2.05, 4.69) is 6.58 Å². The molecule has 0 atom stereocenters. The number of rotatable bonds is 1. The third-order valence-electron chi connectivity index (χ3n) is 0.167. The van der Waals surface area contributed by atoms with Crippen molar-refractivity contribution in [3.8, 4) is 0 Å². The average molecular weight is 130 g/mol. The van der Waals surface area contributed by atoms with Gasteiger partial charge >= 0.3 is 0 Å². The zero-order valence-corrected chi connectivity index (χ0v) is 3.98. The van der Waals surface area contributed by atoms with E-state index >= 15 is 0 Å². The van der Waals surface area contributed by atoms with E-state index in [9.17, 15) is 0 Å². The van der Waals surface area contributed by atoms with Crippen molar-refractivity contribution in [2.45, 2.75) is 0 Å². The Bertz CT molecular complexity index is 59.8.